The number of halogens is 1. The molecule has 3 rings (SSSR count). The topological polar surface area (TPSA) is 42.7 Å². The third-order valence-electron chi connectivity index (χ3n) is 3.00. The first-order valence-corrected chi connectivity index (χ1v) is 6.36. The predicted octanol–water partition coefficient (Wildman–Crippen LogP) is 2.84. The highest BCUT2D eigenvalue weighted by Crippen LogP contribution is 2.26. The largest absolute Gasteiger partial charge is 0.485 e. The van der Waals surface area contributed by atoms with Crippen molar-refractivity contribution in [3.63, 3.8) is 0 Å². The fraction of sp³-hybridized carbons (Fsp3) is 0.214. The number of hydrogen-bond donors (Lipinski definition) is 0. The van der Waals surface area contributed by atoms with Gasteiger partial charge in [0.2, 0.25) is 0 Å². The molecular weight excluding hydrogens is 266 g/mol. The number of amides is 1. The lowest BCUT2D eigenvalue weighted by molar-refractivity contribution is 0.0156. The van der Waals surface area contributed by atoms with Crippen LogP contribution in [0, 0.1) is 0 Å². The molecule has 1 aliphatic rings. The van der Waals surface area contributed by atoms with Crippen molar-refractivity contribution in [2.75, 3.05) is 13.1 Å². The van der Waals surface area contributed by atoms with Crippen LogP contribution in [0.4, 0.5) is 0 Å². The maximum atomic E-state index is 11.9. The molecule has 0 atom stereocenters. The standard InChI is InChI=1S/C14H12ClNO3/c15-11-4-1-2-5-12(11)19-10-8-16(9-10)14(17)13-6-3-7-18-13/h1-7,10H,8-9H2. The normalized spacial score (nSPS) is 15.1. The van der Waals surface area contributed by atoms with Gasteiger partial charge < -0.3 is 14.1 Å². The van der Waals surface area contributed by atoms with Crippen LogP contribution in [-0.4, -0.2) is 30.0 Å². The molecule has 0 N–H and O–H groups in total. The van der Waals surface area contributed by atoms with Crippen LogP contribution in [0.2, 0.25) is 5.02 Å². The minimum absolute atomic E-state index is 0.0150. The van der Waals surface area contributed by atoms with E-state index in [9.17, 15) is 4.79 Å². The Bertz CT molecular complexity index is 576. The van der Waals surface area contributed by atoms with Gasteiger partial charge in [-0.05, 0) is 24.3 Å². The third-order valence-corrected chi connectivity index (χ3v) is 3.31. The molecular formula is C14H12ClNO3. The highest BCUT2D eigenvalue weighted by atomic mass is 35.5. The van der Waals surface area contributed by atoms with Crippen LogP contribution in [0.3, 0.4) is 0 Å². The highest BCUT2D eigenvalue weighted by molar-refractivity contribution is 6.32. The smallest absolute Gasteiger partial charge is 0.289 e. The van der Waals surface area contributed by atoms with E-state index in [1.165, 1.54) is 6.26 Å². The van der Waals surface area contributed by atoms with Gasteiger partial charge in [0, 0.05) is 0 Å². The average molecular weight is 278 g/mol. The maximum Gasteiger partial charge on any atom is 0.289 e. The van der Waals surface area contributed by atoms with E-state index in [2.05, 4.69) is 0 Å². The minimum atomic E-state index is -0.107. The molecule has 19 heavy (non-hydrogen) atoms. The van der Waals surface area contributed by atoms with E-state index in [0.717, 1.165) is 0 Å². The molecule has 0 spiro atoms. The Morgan fingerprint density at radius 2 is 2.05 bits per heavy atom. The van der Waals surface area contributed by atoms with E-state index >= 15 is 0 Å². The van der Waals surface area contributed by atoms with Crippen molar-refractivity contribution < 1.29 is 13.9 Å². The molecule has 1 fully saturated rings. The Balaban J connectivity index is 1.56. The summed E-state index contributed by atoms with van der Waals surface area (Å²) in [5.74, 6) is 0.902. The first kappa shape index (κ1) is 12.1. The lowest BCUT2D eigenvalue weighted by Gasteiger charge is -2.38. The van der Waals surface area contributed by atoms with Crippen LogP contribution in [-0.2, 0) is 0 Å². The van der Waals surface area contributed by atoms with Gasteiger partial charge in [0.05, 0.1) is 24.4 Å². The van der Waals surface area contributed by atoms with E-state index in [0.29, 0.717) is 29.6 Å². The zero-order valence-corrected chi connectivity index (χ0v) is 10.8. The highest BCUT2D eigenvalue weighted by Gasteiger charge is 2.34. The SMILES string of the molecule is O=C(c1ccco1)N1CC(Oc2ccccc2Cl)C1. The number of ether oxygens (including phenoxy) is 1. The second-order valence-electron chi connectivity index (χ2n) is 4.36. The van der Waals surface area contributed by atoms with Crippen molar-refractivity contribution in [3.8, 4) is 5.75 Å². The number of para-hydroxylation sites is 1. The summed E-state index contributed by atoms with van der Waals surface area (Å²) in [6, 6.07) is 10.7. The second-order valence-corrected chi connectivity index (χ2v) is 4.76. The van der Waals surface area contributed by atoms with Gasteiger partial charge in [-0.15, -0.1) is 0 Å². The quantitative estimate of drug-likeness (QED) is 0.866. The Hall–Kier alpha value is -1.94. The van der Waals surface area contributed by atoms with Crippen LogP contribution < -0.4 is 4.74 Å². The van der Waals surface area contributed by atoms with E-state index < -0.39 is 0 Å². The molecule has 0 radical (unpaired) electrons. The Morgan fingerprint density at radius 3 is 2.74 bits per heavy atom. The fourth-order valence-electron chi connectivity index (χ4n) is 1.95. The molecule has 0 saturated carbocycles. The molecule has 0 unspecified atom stereocenters. The minimum Gasteiger partial charge on any atom is -0.485 e. The number of carbonyl (C=O) groups is 1. The van der Waals surface area contributed by atoms with Gasteiger partial charge in [-0.2, -0.15) is 0 Å². The number of carbonyl (C=O) groups excluding carboxylic acids is 1. The van der Waals surface area contributed by atoms with Crippen molar-refractivity contribution >= 4 is 17.5 Å². The van der Waals surface area contributed by atoms with Crippen LogP contribution >= 0.6 is 11.6 Å². The Morgan fingerprint density at radius 1 is 1.26 bits per heavy atom. The molecule has 0 aliphatic carbocycles. The monoisotopic (exact) mass is 277 g/mol. The first-order valence-electron chi connectivity index (χ1n) is 5.98. The molecule has 2 heterocycles. The van der Waals surface area contributed by atoms with Crippen LogP contribution in [0.1, 0.15) is 10.6 Å². The molecule has 4 nitrogen and oxygen atoms in total. The fourth-order valence-corrected chi connectivity index (χ4v) is 2.13. The van der Waals surface area contributed by atoms with Crippen molar-refractivity contribution in [1.29, 1.82) is 0 Å². The van der Waals surface area contributed by atoms with Gasteiger partial charge in [0.15, 0.2) is 5.76 Å². The van der Waals surface area contributed by atoms with Gasteiger partial charge in [-0.1, -0.05) is 23.7 Å². The van der Waals surface area contributed by atoms with Gasteiger partial charge in [0.1, 0.15) is 11.9 Å². The molecule has 98 valence electrons. The first-order chi connectivity index (χ1) is 9.24. The van der Waals surface area contributed by atoms with E-state index in [-0.39, 0.29) is 12.0 Å². The lowest BCUT2D eigenvalue weighted by atomic mass is 10.1. The van der Waals surface area contributed by atoms with Crippen molar-refractivity contribution in [1.82, 2.24) is 4.90 Å². The molecule has 1 amide bonds. The zero-order chi connectivity index (χ0) is 13.2. The van der Waals surface area contributed by atoms with Gasteiger partial charge in [-0.25, -0.2) is 0 Å². The summed E-state index contributed by atoms with van der Waals surface area (Å²) in [7, 11) is 0. The Kier molecular flexibility index (Phi) is 3.17. The molecule has 5 heteroatoms. The Labute approximate surface area is 115 Å². The number of benzene rings is 1. The summed E-state index contributed by atoms with van der Waals surface area (Å²) in [4.78, 5) is 13.6. The van der Waals surface area contributed by atoms with Crippen molar-refractivity contribution in [2.45, 2.75) is 6.10 Å². The number of likely N-dealkylation sites (tertiary alicyclic amines) is 1. The van der Waals surface area contributed by atoms with E-state index in [1.807, 2.05) is 18.2 Å². The molecule has 1 saturated heterocycles. The molecule has 1 aromatic carbocycles. The number of nitrogens with zero attached hydrogens (tertiary/aromatic N) is 1. The summed E-state index contributed by atoms with van der Waals surface area (Å²) in [6.07, 6.45) is 1.48. The molecule has 2 aromatic rings. The summed E-state index contributed by atoms with van der Waals surface area (Å²) in [5.41, 5.74) is 0. The summed E-state index contributed by atoms with van der Waals surface area (Å²) in [5, 5.41) is 0.582. The van der Waals surface area contributed by atoms with Crippen LogP contribution in [0.15, 0.2) is 47.1 Å². The maximum absolute atomic E-state index is 11.9. The van der Waals surface area contributed by atoms with Crippen LogP contribution in [0.5, 0.6) is 5.75 Å². The van der Waals surface area contributed by atoms with Crippen molar-refractivity contribution in [3.05, 3.63) is 53.4 Å². The number of rotatable bonds is 3. The van der Waals surface area contributed by atoms with E-state index in [1.54, 1.807) is 23.1 Å². The van der Waals surface area contributed by atoms with Crippen LogP contribution in [0.25, 0.3) is 0 Å². The van der Waals surface area contributed by atoms with Gasteiger partial charge in [0.25, 0.3) is 5.91 Å². The zero-order valence-electron chi connectivity index (χ0n) is 10.1. The van der Waals surface area contributed by atoms with E-state index in [4.69, 9.17) is 20.8 Å². The average Bonchev–Trinajstić information content (AvgIpc) is 2.88. The number of hydrogen-bond acceptors (Lipinski definition) is 3. The second kappa shape index (κ2) is 4.97. The molecule has 1 aromatic heterocycles. The lowest BCUT2D eigenvalue weighted by Crippen LogP contribution is -2.56. The third kappa shape index (κ3) is 2.44. The summed E-state index contributed by atoms with van der Waals surface area (Å²) in [6.45, 7) is 1.09. The van der Waals surface area contributed by atoms with Crippen molar-refractivity contribution in [2.24, 2.45) is 0 Å². The predicted molar refractivity (Wildman–Crippen MR) is 70.5 cm³/mol. The summed E-state index contributed by atoms with van der Waals surface area (Å²) < 4.78 is 10.8. The molecule has 0 bridgehead atoms. The summed E-state index contributed by atoms with van der Waals surface area (Å²) >= 11 is 6.01. The number of furan rings is 1. The van der Waals surface area contributed by atoms with Gasteiger partial charge >= 0.3 is 0 Å². The van der Waals surface area contributed by atoms with Gasteiger partial charge in [-0.3, -0.25) is 4.79 Å². The molecule has 1 aliphatic heterocycles.